The maximum absolute atomic E-state index is 2.51. The molecule has 260 valence electrons. The largest absolute Gasteiger partial charge is 0.134 e. The molecule has 0 amide bonds. The lowest BCUT2D eigenvalue weighted by molar-refractivity contribution is 1.67. The van der Waals surface area contributed by atoms with Gasteiger partial charge in [-0.05, 0) is 83.5 Å². The van der Waals surface area contributed by atoms with E-state index in [2.05, 4.69) is 194 Å². The minimum absolute atomic E-state index is 1.24. The summed E-state index contributed by atoms with van der Waals surface area (Å²) >= 11 is 3.89. The van der Waals surface area contributed by atoms with Gasteiger partial charge in [0.05, 0.1) is 0 Å². The average molecular weight is 745 g/mol. The highest BCUT2D eigenvalue weighted by molar-refractivity contribution is 7.28. The van der Waals surface area contributed by atoms with Gasteiger partial charge in [-0.1, -0.05) is 176 Å². The summed E-state index contributed by atoms with van der Waals surface area (Å²) in [5.74, 6) is 0. The van der Waals surface area contributed by atoms with Crippen LogP contribution in [-0.4, -0.2) is 0 Å². The van der Waals surface area contributed by atoms with Crippen LogP contribution >= 0.6 is 22.7 Å². The number of fused-ring (bicyclic) bond motifs is 8. The monoisotopic (exact) mass is 744 g/mol. The molecular weight excluding hydrogens is 713 g/mol. The van der Waals surface area contributed by atoms with Gasteiger partial charge in [0.2, 0.25) is 0 Å². The van der Waals surface area contributed by atoms with Gasteiger partial charge in [0.25, 0.3) is 0 Å². The third-order valence-corrected chi connectivity index (χ3v) is 14.1. The molecule has 0 aliphatic carbocycles. The molecule has 56 heavy (non-hydrogen) atoms. The molecule has 12 aromatic rings. The standard InChI is InChI=1S/C54H32S2/c1-2-17-35(18-3-1)48-46-32-45-39-22-12-13-28-47(39)55-53(45)51(54(46)56-52(48)37-30-29-33-15-4-5-19-36(33)31-37)50-43-25-10-8-23-41(43)49(42-24-9-11-26-44(42)50)40-27-14-20-34-16-6-7-21-38(34)40/h1-32H. The Morgan fingerprint density at radius 3 is 1.59 bits per heavy atom. The molecule has 0 bridgehead atoms. The van der Waals surface area contributed by atoms with Gasteiger partial charge in [-0.2, -0.15) is 0 Å². The molecule has 0 spiro atoms. The van der Waals surface area contributed by atoms with Crippen LogP contribution in [-0.2, 0) is 0 Å². The first-order valence-electron chi connectivity index (χ1n) is 19.2. The lowest BCUT2D eigenvalue weighted by atomic mass is 9.84. The van der Waals surface area contributed by atoms with Crippen LogP contribution < -0.4 is 0 Å². The Bertz CT molecular complexity index is 3470. The molecule has 0 N–H and O–H groups in total. The lowest BCUT2D eigenvalue weighted by Crippen LogP contribution is -1.92. The lowest BCUT2D eigenvalue weighted by Gasteiger charge is -2.19. The van der Waals surface area contributed by atoms with Crippen LogP contribution in [0.2, 0.25) is 0 Å². The van der Waals surface area contributed by atoms with Crippen molar-refractivity contribution in [3.63, 3.8) is 0 Å². The second-order valence-corrected chi connectivity index (χ2v) is 16.8. The topological polar surface area (TPSA) is 0 Å². The third kappa shape index (κ3) is 4.70. The number of hydrogen-bond donors (Lipinski definition) is 0. The van der Waals surface area contributed by atoms with Gasteiger partial charge in [0.15, 0.2) is 0 Å². The molecule has 0 saturated carbocycles. The van der Waals surface area contributed by atoms with E-state index in [9.17, 15) is 0 Å². The van der Waals surface area contributed by atoms with Crippen LogP contribution in [0.25, 0.3) is 117 Å². The second-order valence-electron chi connectivity index (χ2n) is 14.7. The van der Waals surface area contributed by atoms with E-state index in [0.29, 0.717) is 0 Å². The van der Waals surface area contributed by atoms with Crippen molar-refractivity contribution in [2.24, 2.45) is 0 Å². The number of benzene rings is 10. The number of hydrogen-bond acceptors (Lipinski definition) is 2. The van der Waals surface area contributed by atoms with Crippen LogP contribution in [0.5, 0.6) is 0 Å². The Balaban J connectivity index is 1.29. The van der Waals surface area contributed by atoms with E-state index in [1.165, 1.54) is 117 Å². The summed E-state index contributed by atoms with van der Waals surface area (Å²) in [6.07, 6.45) is 0. The van der Waals surface area contributed by atoms with Crippen LogP contribution in [0, 0.1) is 0 Å². The molecule has 0 fully saturated rings. The Morgan fingerprint density at radius 1 is 0.268 bits per heavy atom. The van der Waals surface area contributed by atoms with E-state index in [1.54, 1.807) is 0 Å². The van der Waals surface area contributed by atoms with Crippen LogP contribution in [0.15, 0.2) is 194 Å². The Morgan fingerprint density at radius 2 is 0.839 bits per heavy atom. The molecule has 0 aliphatic rings. The van der Waals surface area contributed by atoms with Gasteiger partial charge in [-0.3, -0.25) is 0 Å². The average Bonchev–Trinajstić information content (AvgIpc) is 3.84. The van der Waals surface area contributed by atoms with Gasteiger partial charge < -0.3 is 0 Å². The highest BCUT2D eigenvalue weighted by Crippen LogP contribution is 2.56. The number of thiophene rings is 2. The zero-order valence-electron chi connectivity index (χ0n) is 30.3. The third-order valence-electron chi connectivity index (χ3n) is 11.6. The fourth-order valence-corrected chi connectivity index (χ4v) is 11.9. The molecular formula is C54H32S2. The minimum atomic E-state index is 1.24. The van der Waals surface area contributed by atoms with Crippen molar-refractivity contribution in [3.8, 4) is 43.8 Å². The minimum Gasteiger partial charge on any atom is -0.134 e. The predicted molar refractivity (Wildman–Crippen MR) is 246 cm³/mol. The summed E-state index contributed by atoms with van der Waals surface area (Å²) < 4.78 is 4.00. The van der Waals surface area contributed by atoms with E-state index < -0.39 is 0 Å². The zero-order chi connectivity index (χ0) is 36.7. The zero-order valence-corrected chi connectivity index (χ0v) is 31.9. The summed E-state index contributed by atoms with van der Waals surface area (Å²) in [6, 6.07) is 72.0. The van der Waals surface area contributed by atoms with E-state index in [0.717, 1.165) is 0 Å². The maximum atomic E-state index is 2.51. The van der Waals surface area contributed by atoms with E-state index in [4.69, 9.17) is 0 Å². The molecule has 0 atom stereocenters. The van der Waals surface area contributed by atoms with Crippen LogP contribution in [0.1, 0.15) is 0 Å². The highest BCUT2D eigenvalue weighted by atomic mass is 32.1. The predicted octanol–water partition coefficient (Wildman–Crippen LogP) is 16.5. The Labute approximate surface area is 332 Å². The van der Waals surface area contributed by atoms with Crippen molar-refractivity contribution < 1.29 is 0 Å². The summed E-state index contributed by atoms with van der Waals surface area (Å²) in [7, 11) is 0. The smallest absolute Gasteiger partial charge is 0.0449 e. The molecule has 0 saturated heterocycles. The summed E-state index contributed by atoms with van der Waals surface area (Å²) in [5, 5.41) is 14.1. The number of rotatable bonds is 4. The molecule has 0 radical (unpaired) electrons. The fraction of sp³-hybridized carbons (Fsp3) is 0. The second kappa shape index (κ2) is 12.5. The van der Waals surface area contributed by atoms with Gasteiger partial charge >= 0.3 is 0 Å². The highest BCUT2D eigenvalue weighted by Gasteiger charge is 2.26. The van der Waals surface area contributed by atoms with Crippen LogP contribution in [0.3, 0.4) is 0 Å². The van der Waals surface area contributed by atoms with Gasteiger partial charge in [0.1, 0.15) is 0 Å². The maximum Gasteiger partial charge on any atom is 0.0449 e. The molecule has 2 aromatic heterocycles. The van der Waals surface area contributed by atoms with Crippen molar-refractivity contribution in [1.82, 2.24) is 0 Å². The van der Waals surface area contributed by atoms with Crippen molar-refractivity contribution in [2.75, 3.05) is 0 Å². The molecule has 10 aromatic carbocycles. The first kappa shape index (κ1) is 31.7. The quantitative estimate of drug-likeness (QED) is 0.157. The van der Waals surface area contributed by atoms with E-state index in [1.807, 2.05) is 22.7 Å². The van der Waals surface area contributed by atoms with Gasteiger partial charge in [-0.15, -0.1) is 22.7 Å². The first-order valence-corrected chi connectivity index (χ1v) is 20.8. The van der Waals surface area contributed by atoms with Gasteiger partial charge in [0, 0.05) is 51.8 Å². The Hall–Kier alpha value is -6.58. The van der Waals surface area contributed by atoms with Gasteiger partial charge in [-0.25, -0.2) is 0 Å². The fourth-order valence-electron chi connectivity index (χ4n) is 9.19. The van der Waals surface area contributed by atoms with Crippen molar-refractivity contribution >= 4 is 96.0 Å². The summed E-state index contributed by atoms with van der Waals surface area (Å²) in [4.78, 5) is 1.31. The molecule has 2 heteroatoms. The molecule has 2 heterocycles. The molecule has 0 aliphatic heterocycles. The van der Waals surface area contributed by atoms with Crippen LogP contribution in [0.4, 0.5) is 0 Å². The van der Waals surface area contributed by atoms with Crippen molar-refractivity contribution in [1.29, 1.82) is 0 Å². The summed E-state index contributed by atoms with van der Waals surface area (Å²) in [6.45, 7) is 0. The first-order chi connectivity index (χ1) is 27.8. The molecule has 12 rings (SSSR count). The SMILES string of the molecule is c1ccc(-c2c(-c3ccc4ccccc4c3)sc3c(-c4c5ccccc5c(-c5cccc6ccccc56)c5ccccc45)c4sc5ccccc5c4cc23)cc1. The Kier molecular flexibility index (Phi) is 7.07. The molecule has 0 nitrogen and oxygen atoms in total. The summed E-state index contributed by atoms with van der Waals surface area (Å²) in [5.41, 5.74) is 9.02. The normalized spacial score (nSPS) is 11.9. The van der Waals surface area contributed by atoms with Crippen molar-refractivity contribution in [2.45, 2.75) is 0 Å². The van der Waals surface area contributed by atoms with E-state index in [-0.39, 0.29) is 0 Å². The molecule has 0 unspecified atom stereocenters. The van der Waals surface area contributed by atoms with E-state index >= 15 is 0 Å². The van der Waals surface area contributed by atoms with Crippen molar-refractivity contribution in [3.05, 3.63) is 194 Å².